The van der Waals surface area contributed by atoms with Gasteiger partial charge >= 0.3 is 5.97 Å². The molecule has 0 radical (unpaired) electrons. The lowest BCUT2D eigenvalue weighted by Gasteiger charge is -2.09. The molecule has 0 aliphatic carbocycles. The van der Waals surface area contributed by atoms with Gasteiger partial charge in [-0.25, -0.2) is 4.79 Å². The van der Waals surface area contributed by atoms with E-state index in [0.29, 0.717) is 12.5 Å². The van der Waals surface area contributed by atoms with Gasteiger partial charge in [-0.2, -0.15) is 0 Å². The maximum absolute atomic E-state index is 10.6. The number of carbonyl (C=O) groups is 1. The topological polar surface area (TPSA) is 59.7 Å². The Bertz CT molecular complexity index is 427. The van der Waals surface area contributed by atoms with Crippen LogP contribution in [0.3, 0.4) is 0 Å². The Morgan fingerprint density at radius 1 is 1.42 bits per heavy atom. The number of carboxylic acid groups (broad SMARTS) is 1. The summed E-state index contributed by atoms with van der Waals surface area (Å²) >= 11 is 0. The monoisotopic (exact) mass is 266 g/mol. The van der Waals surface area contributed by atoms with E-state index < -0.39 is 5.97 Å². The van der Waals surface area contributed by atoms with Gasteiger partial charge in [0.2, 0.25) is 5.76 Å². The zero-order valence-corrected chi connectivity index (χ0v) is 11.8. The van der Waals surface area contributed by atoms with Crippen molar-refractivity contribution in [1.29, 1.82) is 0 Å². The molecule has 4 nitrogen and oxygen atoms in total. The van der Waals surface area contributed by atoms with Crippen LogP contribution < -0.4 is 4.74 Å². The van der Waals surface area contributed by atoms with Gasteiger partial charge in [0, 0.05) is 6.07 Å². The van der Waals surface area contributed by atoms with Crippen LogP contribution in [0.4, 0.5) is 0 Å². The van der Waals surface area contributed by atoms with Gasteiger partial charge in [-0.3, -0.25) is 0 Å². The molecular formula is C15H22O4. The van der Waals surface area contributed by atoms with Crippen LogP contribution in [0, 0.1) is 5.92 Å². The Hall–Kier alpha value is -1.71. The Morgan fingerprint density at radius 2 is 2.16 bits per heavy atom. The first-order chi connectivity index (χ1) is 8.99. The number of hydrogen-bond acceptors (Lipinski definition) is 3. The zero-order chi connectivity index (χ0) is 14.3. The predicted octanol–water partition coefficient (Wildman–Crippen LogP) is 4.13. The van der Waals surface area contributed by atoms with Crippen molar-refractivity contribution in [3.8, 4) is 5.95 Å². The van der Waals surface area contributed by atoms with Crippen molar-refractivity contribution in [1.82, 2.24) is 0 Å². The lowest BCUT2D eigenvalue weighted by atomic mass is 10.0. The van der Waals surface area contributed by atoms with Crippen LogP contribution in [0.15, 0.2) is 28.2 Å². The van der Waals surface area contributed by atoms with Gasteiger partial charge in [-0.05, 0) is 45.1 Å². The minimum atomic E-state index is -1.08. The third kappa shape index (κ3) is 6.13. The maximum atomic E-state index is 10.6. The molecule has 1 heterocycles. The van der Waals surface area contributed by atoms with Crippen LogP contribution in [-0.4, -0.2) is 17.7 Å². The Labute approximate surface area is 114 Å². The highest BCUT2D eigenvalue weighted by atomic mass is 16.6. The highest BCUT2D eigenvalue weighted by Crippen LogP contribution is 2.18. The fraction of sp³-hybridized carbons (Fsp3) is 0.533. The van der Waals surface area contributed by atoms with E-state index in [1.54, 1.807) is 0 Å². The minimum Gasteiger partial charge on any atom is -0.475 e. The van der Waals surface area contributed by atoms with E-state index in [0.717, 1.165) is 19.3 Å². The third-order valence-corrected chi connectivity index (χ3v) is 2.86. The summed E-state index contributed by atoms with van der Waals surface area (Å²) in [5.41, 5.74) is 1.35. The maximum Gasteiger partial charge on any atom is 0.371 e. The summed E-state index contributed by atoms with van der Waals surface area (Å²) in [4.78, 5) is 10.6. The zero-order valence-electron chi connectivity index (χ0n) is 11.8. The van der Waals surface area contributed by atoms with E-state index in [2.05, 4.69) is 26.8 Å². The number of furan rings is 1. The number of ether oxygens (including phenoxy) is 1. The van der Waals surface area contributed by atoms with Crippen molar-refractivity contribution in [2.24, 2.45) is 5.92 Å². The number of rotatable bonds is 8. The average Bonchev–Trinajstić information content (AvgIpc) is 2.77. The third-order valence-electron chi connectivity index (χ3n) is 2.86. The summed E-state index contributed by atoms with van der Waals surface area (Å²) in [5, 5.41) is 8.70. The first kappa shape index (κ1) is 15.3. The second-order valence-electron chi connectivity index (χ2n) is 5.02. The Morgan fingerprint density at radius 3 is 2.74 bits per heavy atom. The van der Waals surface area contributed by atoms with Crippen molar-refractivity contribution in [2.45, 2.75) is 40.0 Å². The Kier molecular flexibility index (Phi) is 6.19. The van der Waals surface area contributed by atoms with Crippen LogP contribution in [-0.2, 0) is 0 Å². The molecule has 0 aliphatic heterocycles. The fourth-order valence-electron chi connectivity index (χ4n) is 1.67. The van der Waals surface area contributed by atoms with E-state index in [4.69, 9.17) is 14.3 Å². The molecule has 4 heteroatoms. The van der Waals surface area contributed by atoms with E-state index in [1.165, 1.54) is 17.7 Å². The smallest absolute Gasteiger partial charge is 0.371 e. The molecule has 0 spiro atoms. The van der Waals surface area contributed by atoms with Gasteiger partial charge in [0.15, 0.2) is 0 Å². The molecule has 0 fully saturated rings. The SMILES string of the molecule is CC(C)=CCCC(C)CCOc1ccc(C(=O)O)o1. The molecule has 1 aromatic rings. The average molecular weight is 266 g/mol. The summed E-state index contributed by atoms with van der Waals surface area (Å²) < 4.78 is 10.4. The van der Waals surface area contributed by atoms with Gasteiger partial charge in [-0.1, -0.05) is 18.6 Å². The summed E-state index contributed by atoms with van der Waals surface area (Å²) in [7, 11) is 0. The molecular weight excluding hydrogens is 244 g/mol. The second kappa shape index (κ2) is 7.67. The van der Waals surface area contributed by atoms with E-state index in [1.807, 2.05) is 0 Å². The van der Waals surface area contributed by atoms with Crippen molar-refractivity contribution in [2.75, 3.05) is 6.61 Å². The lowest BCUT2D eigenvalue weighted by Crippen LogP contribution is -2.03. The van der Waals surface area contributed by atoms with Gasteiger partial charge in [0.05, 0.1) is 6.61 Å². The number of allylic oxidation sites excluding steroid dienone is 2. The van der Waals surface area contributed by atoms with Crippen LogP contribution in [0.5, 0.6) is 5.95 Å². The largest absolute Gasteiger partial charge is 0.475 e. The molecule has 0 aliphatic rings. The highest BCUT2D eigenvalue weighted by Gasteiger charge is 2.09. The van der Waals surface area contributed by atoms with Gasteiger partial charge in [-0.15, -0.1) is 0 Å². The molecule has 1 N–H and O–H groups in total. The molecule has 0 saturated heterocycles. The lowest BCUT2D eigenvalue weighted by molar-refractivity contribution is 0.0653. The van der Waals surface area contributed by atoms with Crippen molar-refractivity contribution >= 4 is 5.97 Å². The Balaban J connectivity index is 2.22. The molecule has 1 aromatic heterocycles. The van der Waals surface area contributed by atoms with Gasteiger partial charge in [0.1, 0.15) is 0 Å². The van der Waals surface area contributed by atoms with Gasteiger partial charge < -0.3 is 14.3 Å². The summed E-state index contributed by atoms with van der Waals surface area (Å²) in [6.45, 7) is 6.94. The van der Waals surface area contributed by atoms with Crippen LogP contribution in [0.1, 0.15) is 50.6 Å². The molecule has 106 valence electrons. The standard InChI is InChI=1S/C15H22O4/c1-11(2)5-4-6-12(3)9-10-18-14-8-7-13(19-14)15(16)17/h5,7-8,12H,4,6,9-10H2,1-3H3,(H,16,17). The molecule has 0 saturated carbocycles. The normalized spacial score (nSPS) is 11.9. The van der Waals surface area contributed by atoms with Crippen LogP contribution >= 0.6 is 0 Å². The van der Waals surface area contributed by atoms with Crippen LogP contribution in [0.25, 0.3) is 0 Å². The predicted molar refractivity (Wildman–Crippen MR) is 73.6 cm³/mol. The second-order valence-corrected chi connectivity index (χ2v) is 5.02. The number of carboxylic acids is 1. The number of aromatic carboxylic acids is 1. The minimum absolute atomic E-state index is 0.0911. The summed E-state index contributed by atoms with van der Waals surface area (Å²) in [5.74, 6) is -0.324. The quantitative estimate of drug-likeness (QED) is 0.719. The molecule has 1 rings (SSSR count). The van der Waals surface area contributed by atoms with E-state index >= 15 is 0 Å². The van der Waals surface area contributed by atoms with Gasteiger partial charge in [0.25, 0.3) is 5.95 Å². The molecule has 1 atom stereocenters. The molecule has 0 bridgehead atoms. The van der Waals surface area contributed by atoms with Crippen molar-refractivity contribution in [3.63, 3.8) is 0 Å². The summed E-state index contributed by atoms with van der Waals surface area (Å²) in [6, 6.07) is 2.94. The summed E-state index contributed by atoms with van der Waals surface area (Å²) in [6.07, 6.45) is 5.39. The molecule has 19 heavy (non-hydrogen) atoms. The van der Waals surface area contributed by atoms with Crippen molar-refractivity contribution in [3.05, 3.63) is 29.5 Å². The first-order valence-electron chi connectivity index (χ1n) is 6.58. The molecule has 1 unspecified atom stereocenters. The van der Waals surface area contributed by atoms with Crippen molar-refractivity contribution < 1.29 is 19.1 Å². The highest BCUT2D eigenvalue weighted by molar-refractivity contribution is 5.84. The van der Waals surface area contributed by atoms with Crippen LogP contribution in [0.2, 0.25) is 0 Å². The molecule has 0 aromatic carbocycles. The van der Waals surface area contributed by atoms with E-state index in [-0.39, 0.29) is 11.7 Å². The first-order valence-corrected chi connectivity index (χ1v) is 6.58. The number of hydrogen-bond donors (Lipinski definition) is 1. The molecule has 0 amide bonds. The fourth-order valence-corrected chi connectivity index (χ4v) is 1.67. The van der Waals surface area contributed by atoms with E-state index in [9.17, 15) is 4.79 Å².